The maximum atomic E-state index is 13.1. The second kappa shape index (κ2) is 3.15. The van der Waals surface area contributed by atoms with E-state index in [1.165, 1.54) is 13.8 Å². The van der Waals surface area contributed by atoms with Gasteiger partial charge in [-0.25, -0.2) is 0 Å². The molecule has 1 rings (SSSR count). The molecule has 0 atom stereocenters. The number of allylic oxidation sites excluding steroid dienone is 2. The van der Waals surface area contributed by atoms with Crippen LogP contribution in [0.2, 0.25) is 0 Å². The third-order valence-corrected chi connectivity index (χ3v) is 2.53. The van der Waals surface area contributed by atoms with E-state index < -0.39 is 36.2 Å². The fraction of sp³-hybridized carbons (Fsp3) is 0.778. The summed E-state index contributed by atoms with van der Waals surface area (Å²) in [4.78, 5) is 0. The molecule has 15 heavy (non-hydrogen) atoms. The van der Waals surface area contributed by atoms with Crippen LogP contribution in [0, 0.1) is 0 Å². The smallest absolute Gasteiger partial charge is 0.200 e. The molecule has 6 heteroatoms. The summed E-state index contributed by atoms with van der Waals surface area (Å²) in [5, 5.41) is 0. The van der Waals surface area contributed by atoms with Gasteiger partial charge in [-0.05, 0) is 20.3 Å². The van der Waals surface area contributed by atoms with Gasteiger partial charge in [0.05, 0.1) is 0 Å². The van der Waals surface area contributed by atoms with Crippen molar-refractivity contribution in [1.82, 2.24) is 0 Å². The van der Waals surface area contributed by atoms with Gasteiger partial charge in [0.15, 0.2) is 0 Å². The zero-order valence-electron chi connectivity index (χ0n) is 8.18. The summed E-state index contributed by atoms with van der Waals surface area (Å²) in [7, 11) is 0. The van der Waals surface area contributed by atoms with Crippen LogP contribution in [0.15, 0.2) is 11.1 Å². The highest BCUT2D eigenvalue weighted by Crippen LogP contribution is 2.56. The maximum absolute atomic E-state index is 13.1. The molecule has 0 aliphatic heterocycles. The van der Waals surface area contributed by atoms with E-state index >= 15 is 0 Å². The molecule has 1 saturated carbocycles. The van der Waals surface area contributed by atoms with Crippen molar-refractivity contribution in [3.8, 4) is 0 Å². The van der Waals surface area contributed by atoms with E-state index in [4.69, 9.17) is 0 Å². The van der Waals surface area contributed by atoms with Crippen LogP contribution in [0.5, 0.6) is 0 Å². The Morgan fingerprint density at radius 1 is 1.00 bits per heavy atom. The Balaban J connectivity index is 3.28. The molecule has 0 heterocycles. The molecule has 0 aromatic heterocycles. The van der Waals surface area contributed by atoms with Crippen LogP contribution in [0.25, 0.3) is 0 Å². The van der Waals surface area contributed by atoms with Gasteiger partial charge in [0, 0.05) is 12.0 Å². The first-order valence-corrected chi connectivity index (χ1v) is 4.34. The standard InChI is InChI=1S/C9H10F6/c1-5(2)6-3-4-7(10,11)9(14,15)8(6,12)13/h3-4H2,1-2H3. The molecule has 0 N–H and O–H groups in total. The Bertz CT molecular complexity index is 298. The number of rotatable bonds is 0. The zero-order chi connectivity index (χ0) is 12.1. The SMILES string of the molecule is CC(C)=C1CCC(F)(F)C(F)(F)C1(F)F. The van der Waals surface area contributed by atoms with E-state index in [1.807, 2.05) is 0 Å². The van der Waals surface area contributed by atoms with Crippen LogP contribution in [-0.2, 0) is 0 Å². The first kappa shape index (κ1) is 12.4. The van der Waals surface area contributed by atoms with Crippen LogP contribution < -0.4 is 0 Å². The quantitative estimate of drug-likeness (QED) is 0.437. The predicted molar refractivity (Wildman–Crippen MR) is 42.4 cm³/mol. The minimum Gasteiger partial charge on any atom is -0.200 e. The average Bonchev–Trinajstić information content (AvgIpc) is 2.00. The minimum atomic E-state index is -5.30. The van der Waals surface area contributed by atoms with Gasteiger partial charge in [-0.1, -0.05) is 5.57 Å². The van der Waals surface area contributed by atoms with Crippen molar-refractivity contribution >= 4 is 0 Å². The largest absolute Gasteiger partial charge is 0.375 e. The molecule has 0 nitrogen and oxygen atoms in total. The Morgan fingerprint density at radius 2 is 1.47 bits per heavy atom. The summed E-state index contributed by atoms with van der Waals surface area (Å²) in [6, 6.07) is 0. The first-order valence-electron chi connectivity index (χ1n) is 4.34. The first-order chi connectivity index (χ1) is 6.54. The van der Waals surface area contributed by atoms with E-state index in [1.54, 1.807) is 0 Å². The normalized spacial score (nSPS) is 27.6. The van der Waals surface area contributed by atoms with Crippen molar-refractivity contribution in [3.05, 3.63) is 11.1 Å². The molecule has 1 fully saturated rings. The molecule has 0 saturated heterocycles. The third-order valence-electron chi connectivity index (χ3n) is 2.53. The van der Waals surface area contributed by atoms with Gasteiger partial charge in [-0.3, -0.25) is 0 Å². The predicted octanol–water partition coefficient (Wildman–Crippen LogP) is 4.02. The molecule has 0 bridgehead atoms. The maximum Gasteiger partial charge on any atom is 0.375 e. The number of alkyl halides is 6. The molecule has 1 aliphatic carbocycles. The van der Waals surface area contributed by atoms with Crippen LogP contribution in [0.4, 0.5) is 26.3 Å². The molecule has 0 amide bonds. The van der Waals surface area contributed by atoms with E-state index in [2.05, 4.69) is 0 Å². The van der Waals surface area contributed by atoms with E-state index in [0.29, 0.717) is 0 Å². The second-order valence-corrected chi connectivity index (χ2v) is 3.83. The van der Waals surface area contributed by atoms with Crippen LogP contribution in [0.3, 0.4) is 0 Å². The number of hydrogen-bond acceptors (Lipinski definition) is 0. The summed E-state index contributed by atoms with van der Waals surface area (Å²) < 4.78 is 77.2. The molecule has 88 valence electrons. The van der Waals surface area contributed by atoms with Crippen LogP contribution in [0.1, 0.15) is 26.7 Å². The highest BCUT2D eigenvalue weighted by atomic mass is 19.3. The lowest BCUT2D eigenvalue weighted by atomic mass is 9.83. The number of hydrogen-bond donors (Lipinski definition) is 0. The lowest BCUT2D eigenvalue weighted by Crippen LogP contribution is -2.58. The molecular formula is C9H10F6. The van der Waals surface area contributed by atoms with Crippen molar-refractivity contribution in [2.24, 2.45) is 0 Å². The summed E-state index contributed by atoms with van der Waals surface area (Å²) in [5.74, 6) is -14.7. The highest BCUT2D eigenvalue weighted by molar-refractivity contribution is 5.27. The molecule has 0 aromatic rings. The van der Waals surface area contributed by atoms with Crippen LogP contribution >= 0.6 is 0 Å². The molecule has 0 aromatic carbocycles. The Hall–Kier alpha value is -0.680. The van der Waals surface area contributed by atoms with Gasteiger partial charge < -0.3 is 0 Å². The summed E-state index contributed by atoms with van der Waals surface area (Å²) in [6.07, 6.45) is -1.94. The van der Waals surface area contributed by atoms with E-state index in [0.717, 1.165) is 0 Å². The monoisotopic (exact) mass is 232 g/mol. The molecule has 0 spiro atoms. The lowest BCUT2D eigenvalue weighted by Gasteiger charge is -2.39. The molecule has 0 unspecified atom stereocenters. The fourth-order valence-corrected chi connectivity index (χ4v) is 1.58. The molecular weight excluding hydrogens is 222 g/mol. The van der Waals surface area contributed by atoms with Crippen molar-refractivity contribution in [2.75, 3.05) is 0 Å². The van der Waals surface area contributed by atoms with Gasteiger partial charge in [0.1, 0.15) is 0 Å². The third kappa shape index (κ3) is 1.54. The summed E-state index contributed by atoms with van der Waals surface area (Å²) in [6.45, 7) is 2.42. The van der Waals surface area contributed by atoms with Crippen LogP contribution in [-0.4, -0.2) is 17.8 Å². The Kier molecular flexibility index (Phi) is 2.60. The zero-order valence-corrected chi connectivity index (χ0v) is 8.18. The van der Waals surface area contributed by atoms with Crippen molar-refractivity contribution in [2.45, 2.75) is 44.5 Å². The van der Waals surface area contributed by atoms with Crippen molar-refractivity contribution in [3.63, 3.8) is 0 Å². The highest BCUT2D eigenvalue weighted by Gasteiger charge is 2.74. The van der Waals surface area contributed by atoms with E-state index in [9.17, 15) is 26.3 Å². The average molecular weight is 232 g/mol. The van der Waals surface area contributed by atoms with Gasteiger partial charge in [-0.15, -0.1) is 0 Å². The van der Waals surface area contributed by atoms with Gasteiger partial charge >= 0.3 is 17.8 Å². The van der Waals surface area contributed by atoms with E-state index in [-0.39, 0.29) is 5.57 Å². The fourth-order valence-electron chi connectivity index (χ4n) is 1.58. The molecule has 1 aliphatic rings. The second-order valence-electron chi connectivity index (χ2n) is 3.83. The lowest BCUT2D eigenvalue weighted by molar-refractivity contribution is -0.309. The number of halogens is 6. The molecule has 0 radical (unpaired) electrons. The Morgan fingerprint density at radius 3 is 1.87 bits per heavy atom. The van der Waals surface area contributed by atoms with Crippen molar-refractivity contribution in [1.29, 1.82) is 0 Å². The minimum absolute atomic E-state index is 0.0322. The topological polar surface area (TPSA) is 0 Å². The van der Waals surface area contributed by atoms with Gasteiger partial charge in [-0.2, -0.15) is 26.3 Å². The van der Waals surface area contributed by atoms with Gasteiger partial charge in [0.2, 0.25) is 0 Å². The summed E-state index contributed by atoms with van der Waals surface area (Å²) in [5.41, 5.74) is -0.909. The van der Waals surface area contributed by atoms with Crippen molar-refractivity contribution < 1.29 is 26.3 Å². The summed E-state index contributed by atoms with van der Waals surface area (Å²) >= 11 is 0. The Labute approximate surface area is 83.0 Å². The van der Waals surface area contributed by atoms with Gasteiger partial charge in [0.25, 0.3) is 0 Å².